The first-order valence-electron chi connectivity index (χ1n) is 4.04. The minimum absolute atomic E-state index is 0.0771. The minimum atomic E-state index is -3.06. The lowest BCUT2D eigenvalue weighted by atomic mass is 10.4. The van der Waals surface area contributed by atoms with Crippen LogP contribution in [0.4, 0.5) is 5.69 Å². The van der Waals surface area contributed by atoms with Crippen LogP contribution >= 0.6 is 0 Å². The molecule has 1 rings (SSSR count). The van der Waals surface area contributed by atoms with Crippen LogP contribution in [0.5, 0.6) is 0 Å². The summed E-state index contributed by atoms with van der Waals surface area (Å²) in [6, 6.07) is 0. The molecule has 6 nitrogen and oxygen atoms in total. The van der Waals surface area contributed by atoms with Crippen molar-refractivity contribution in [3.8, 4) is 0 Å². The molecule has 0 amide bonds. The van der Waals surface area contributed by atoms with E-state index < -0.39 is 9.84 Å². The van der Waals surface area contributed by atoms with E-state index in [9.17, 15) is 13.2 Å². The van der Waals surface area contributed by atoms with Gasteiger partial charge in [-0.15, -0.1) is 0 Å². The van der Waals surface area contributed by atoms with E-state index in [1.165, 1.54) is 4.68 Å². The third kappa shape index (κ3) is 2.38. The Morgan fingerprint density at radius 2 is 2.07 bits per heavy atom. The summed E-state index contributed by atoms with van der Waals surface area (Å²) in [4.78, 5) is 11.3. The molecule has 80 valence electrons. The Labute approximate surface area is 81.6 Å². The van der Waals surface area contributed by atoms with Crippen LogP contribution in [0.1, 0.15) is 5.69 Å². The van der Waals surface area contributed by atoms with Gasteiger partial charge in [0, 0.05) is 6.26 Å². The standard InChI is InChI=1S/C7H13N3O3S/c1-5-6(8)7(11)10(9-5)3-4-14(2,12)13/h9H,3-4,8H2,1-2H3. The van der Waals surface area contributed by atoms with Crippen molar-refractivity contribution in [1.82, 2.24) is 9.78 Å². The van der Waals surface area contributed by atoms with Crippen molar-refractivity contribution in [3.05, 3.63) is 16.0 Å². The van der Waals surface area contributed by atoms with Crippen molar-refractivity contribution >= 4 is 15.5 Å². The Morgan fingerprint density at radius 3 is 2.43 bits per heavy atom. The van der Waals surface area contributed by atoms with Gasteiger partial charge >= 0.3 is 0 Å². The van der Waals surface area contributed by atoms with Crippen molar-refractivity contribution < 1.29 is 8.42 Å². The Hall–Kier alpha value is -1.24. The van der Waals surface area contributed by atoms with Crippen LogP contribution in [0.25, 0.3) is 0 Å². The highest BCUT2D eigenvalue weighted by atomic mass is 32.2. The quantitative estimate of drug-likeness (QED) is 0.689. The van der Waals surface area contributed by atoms with Crippen LogP contribution in [-0.2, 0) is 16.4 Å². The number of H-pyrrole nitrogens is 1. The zero-order valence-corrected chi connectivity index (χ0v) is 8.89. The number of aryl methyl sites for hydroxylation is 2. The summed E-state index contributed by atoms with van der Waals surface area (Å²) < 4.78 is 22.9. The first-order valence-corrected chi connectivity index (χ1v) is 6.10. The molecule has 0 saturated heterocycles. The van der Waals surface area contributed by atoms with Gasteiger partial charge in [-0.3, -0.25) is 14.6 Å². The highest BCUT2D eigenvalue weighted by molar-refractivity contribution is 7.90. The third-order valence-corrected chi connectivity index (χ3v) is 2.79. The molecule has 0 aliphatic heterocycles. The smallest absolute Gasteiger partial charge is 0.289 e. The van der Waals surface area contributed by atoms with Gasteiger partial charge in [0.15, 0.2) is 0 Å². The number of hydrogen-bond acceptors (Lipinski definition) is 4. The maximum atomic E-state index is 11.3. The molecule has 0 spiro atoms. The monoisotopic (exact) mass is 219 g/mol. The Bertz CT molecular complexity index is 483. The first-order chi connectivity index (χ1) is 6.31. The van der Waals surface area contributed by atoms with Crippen LogP contribution in [0, 0.1) is 6.92 Å². The molecule has 1 aromatic rings. The van der Waals surface area contributed by atoms with E-state index in [1.807, 2.05) is 0 Å². The molecule has 0 bridgehead atoms. The lowest BCUT2D eigenvalue weighted by Crippen LogP contribution is -2.22. The molecule has 7 heteroatoms. The summed E-state index contributed by atoms with van der Waals surface area (Å²) >= 11 is 0. The van der Waals surface area contributed by atoms with E-state index in [1.54, 1.807) is 6.92 Å². The lowest BCUT2D eigenvalue weighted by Gasteiger charge is -1.99. The molecule has 0 aliphatic carbocycles. The topological polar surface area (TPSA) is 98.0 Å². The number of nitrogens with one attached hydrogen (secondary N) is 1. The van der Waals surface area contributed by atoms with Gasteiger partial charge in [0.05, 0.1) is 18.0 Å². The fraction of sp³-hybridized carbons (Fsp3) is 0.571. The van der Waals surface area contributed by atoms with Gasteiger partial charge in [-0.2, -0.15) is 0 Å². The number of nitrogens with two attached hydrogens (primary N) is 1. The van der Waals surface area contributed by atoms with Crippen LogP contribution < -0.4 is 11.3 Å². The van der Waals surface area contributed by atoms with Gasteiger partial charge in [0.1, 0.15) is 15.5 Å². The van der Waals surface area contributed by atoms with Crippen molar-refractivity contribution in [2.45, 2.75) is 13.5 Å². The largest absolute Gasteiger partial charge is 0.393 e. The van der Waals surface area contributed by atoms with Gasteiger partial charge in [0.2, 0.25) is 0 Å². The SMILES string of the molecule is Cc1[nH]n(CCS(C)(=O)=O)c(=O)c1N. The Morgan fingerprint density at radius 1 is 1.50 bits per heavy atom. The molecule has 0 fully saturated rings. The number of rotatable bonds is 3. The van der Waals surface area contributed by atoms with Crippen molar-refractivity contribution in [2.24, 2.45) is 0 Å². The molecule has 0 aromatic carbocycles. The summed E-state index contributed by atoms with van der Waals surface area (Å²) in [6.45, 7) is 1.77. The van der Waals surface area contributed by atoms with Gasteiger partial charge < -0.3 is 5.73 Å². The lowest BCUT2D eigenvalue weighted by molar-refractivity contribution is 0.580. The zero-order chi connectivity index (χ0) is 10.9. The summed E-state index contributed by atoms with van der Waals surface area (Å²) in [5.74, 6) is -0.0771. The van der Waals surface area contributed by atoms with Crippen molar-refractivity contribution in [1.29, 1.82) is 0 Å². The molecule has 0 radical (unpaired) electrons. The average Bonchev–Trinajstić information content (AvgIpc) is 2.28. The van der Waals surface area contributed by atoms with E-state index in [0.717, 1.165) is 6.26 Å². The molecule has 14 heavy (non-hydrogen) atoms. The molecule has 0 unspecified atom stereocenters. The van der Waals surface area contributed by atoms with Crippen LogP contribution in [0.2, 0.25) is 0 Å². The van der Waals surface area contributed by atoms with Crippen LogP contribution in [-0.4, -0.2) is 30.2 Å². The minimum Gasteiger partial charge on any atom is -0.393 e. The summed E-state index contributed by atoms with van der Waals surface area (Å²) in [6.07, 6.45) is 1.12. The van der Waals surface area contributed by atoms with E-state index in [4.69, 9.17) is 5.73 Å². The Balaban J connectivity index is 2.89. The van der Waals surface area contributed by atoms with Crippen molar-refractivity contribution in [2.75, 3.05) is 17.7 Å². The number of anilines is 1. The maximum absolute atomic E-state index is 11.3. The van der Waals surface area contributed by atoms with E-state index >= 15 is 0 Å². The number of hydrogen-bond donors (Lipinski definition) is 2. The third-order valence-electron chi connectivity index (χ3n) is 1.87. The second-order valence-electron chi connectivity index (χ2n) is 3.24. The molecule has 3 N–H and O–H groups in total. The molecular formula is C7H13N3O3S. The van der Waals surface area contributed by atoms with Crippen LogP contribution in [0.3, 0.4) is 0 Å². The van der Waals surface area contributed by atoms with Gasteiger partial charge in [-0.25, -0.2) is 8.42 Å². The van der Waals surface area contributed by atoms with Gasteiger partial charge in [0.25, 0.3) is 5.56 Å². The van der Waals surface area contributed by atoms with Crippen LogP contribution in [0.15, 0.2) is 4.79 Å². The number of aromatic nitrogens is 2. The summed E-state index contributed by atoms with van der Waals surface area (Å²) in [5.41, 5.74) is 5.75. The molecule has 0 atom stereocenters. The fourth-order valence-electron chi connectivity index (χ4n) is 1.03. The number of nitrogens with zero attached hydrogens (tertiary/aromatic N) is 1. The summed E-state index contributed by atoms with van der Waals surface area (Å²) in [5, 5.41) is 2.70. The van der Waals surface area contributed by atoms with E-state index in [0.29, 0.717) is 5.69 Å². The second kappa shape index (κ2) is 3.49. The maximum Gasteiger partial charge on any atom is 0.289 e. The number of aromatic amines is 1. The van der Waals surface area contributed by atoms with Gasteiger partial charge in [-0.1, -0.05) is 0 Å². The number of nitrogen functional groups attached to an aromatic ring is 1. The summed E-state index contributed by atoms with van der Waals surface area (Å²) in [7, 11) is -3.06. The van der Waals surface area contributed by atoms with E-state index in [-0.39, 0.29) is 23.5 Å². The highest BCUT2D eigenvalue weighted by Crippen LogP contribution is 1.99. The predicted octanol–water partition coefficient (Wildman–Crippen LogP) is -0.888. The predicted molar refractivity (Wildman–Crippen MR) is 53.9 cm³/mol. The molecule has 1 heterocycles. The van der Waals surface area contributed by atoms with Gasteiger partial charge in [-0.05, 0) is 6.92 Å². The van der Waals surface area contributed by atoms with Crippen molar-refractivity contribution in [3.63, 3.8) is 0 Å². The zero-order valence-electron chi connectivity index (χ0n) is 8.07. The molecule has 0 saturated carbocycles. The Kier molecular flexibility index (Phi) is 2.70. The second-order valence-corrected chi connectivity index (χ2v) is 5.50. The normalized spacial score (nSPS) is 11.9. The van der Waals surface area contributed by atoms with E-state index in [2.05, 4.69) is 5.10 Å². The highest BCUT2D eigenvalue weighted by Gasteiger charge is 2.09. The molecule has 1 aromatic heterocycles. The fourth-order valence-corrected chi connectivity index (χ4v) is 1.55. The number of sulfone groups is 1. The molecule has 0 aliphatic rings. The average molecular weight is 219 g/mol. The first kappa shape index (κ1) is 10.8. The molecular weight excluding hydrogens is 206 g/mol.